The number of hydrogen-bond donors (Lipinski definition) is 1. The second-order valence-electron chi connectivity index (χ2n) is 9.95. The highest BCUT2D eigenvalue weighted by atomic mass is 16.2. The molecule has 2 aliphatic heterocycles. The van der Waals surface area contributed by atoms with Crippen LogP contribution in [0.5, 0.6) is 0 Å². The van der Waals surface area contributed by atoms with Gasteiger partial charge in [-0.1, -0.05) is 10.4 Å². The fourth-order valence-electron chi connectivity index (χ4n) is 4.77. The summed E-state index contributed by atoms with van der Waals surface area (Å²) in [6.07, 6.45) is 3.53. The molecule has 2 amide bonds. The summed E-state index contributed by atoms with van der Waals surface area (Å²) >= 11 is 0. The number of hydrogen-bond acceptors (Lipinski definition) is 12. The van der Waals surface area contributed by atoms with E-state index in [1.165, 1.54) is 0 Å². The standard InChI is InChI=1S/C23H34N14O2/c1-15-13-36(30-28-15)17(3)19(38)32-5-9-34(10-6-32)22-25-21(24)26-23(27-22)35-11-7-33(8-12-35)20(39)18(4)37-14-16(2)29-31-37/h13-14,17-18H,5-12H2,1-4H3,(H2,24,25,26,27). The minimum atomic E-state index is -0.425. The SMILES string of the molecule is Cc1cn(C(C)C(=O)N2CCN(c3nc(N)nc(N4CCN(C(=O)C(C)n5cc(C)nn5)CC4)n3)CC2)nn1. The molecule has 2 N–H and O–H groups in total. The Labute approximate surface area is 225 Å². The molecule has 2 aliphatic rings. The van der Waals surface area contributed by atoms with Crippen LogP contribution >= 0.6 is 0 Å². The number of nitrogens with two attached hydrogens (primary N) is 1. The van der Waals surface area contributed by atoms with E-state index in [0.29, 0.717) is 64.3 Å². The number of aryl methyl sites for hydroxylation is 2. The molecule has 16 heteroatoms. The quantitative estimate of drug-likeness (QED) is 0.409. The molecule has 16 nitrogen and oxygen atoms in total. The zero-order valence-corrected chi connectivity index (χ0v) is 22.7. The van der Waals surface area contributed by atoms with Gasteiger partial charge in [0, 0.05) is 64.8 Å². The zero-order chi connectivity index (χ0) is 27.7. The van der Waals surface area contributed by atoms with Gasteiger partial charge in [0.1, 0.15) is 12.1 Å². The van der Waals surface area contributed by atoms with E-state index in [1.807, 2.05) is 47.3 Å². The van der Waals surface area contributed by atoms with Crippen LogP contribution in [-0.2, 0) is 9.59 Å². The van der Waals surface area contributed by atoms with Crippen molar-refractivity contribution in [2.75, 3.05) is 67.9 Å². The third kappa shape index (κ3) is 5.58. The third-order valence-electron chi connectivity index (χ3n) is 7.14. The van der Waals surface area contributed by atoms with E-state index in [1.54, 1.807) is 21.8 Å². The van der Waals surface area contributed by atoms with Crippen molar-refractivity contribution in [1.29, 1.82) is 0 Å². The average molecular weight is 539 g/mol. The Bertz CT molecular complexity index is 1230. The molecule has 3 aromatic rings. The fourth-order valence-corrected chi connectivity index (χ4v) is 4.77. The number of anilines is 3. The van der Waals surface area contributed by atoms with Crippen LogP contribution in [0.1, 0.15) is 37.3 Å². The minimum Gasteiger partial charge on any atom is -0.368 e. The molecular formula is C23H34N14O2. The van der Waals surface area contributed by atoms with Gasteiger partial charge in [0.2, 0.25) is 29.7 Å². The summed E-state index contributed by atoms with van der Waals surface area (Å²) < 4.78 is 3.18. The maximum absolute atomic E-state index is 13.0. The van der Waals surface area contributed by atoms with Crippen LogP contribution in [0.4, 0.5) is 17.8 Å². The van der Waals surface area contributed by atoms with Crippen molar-refractivity contribution in [3.8, 4) is 0 Å². The lowest BCUT2D eigenvalue weighted by Crippen LogP contribution is -2.52. The molecule has 2 saturated heterocycles. The summed E-state index contributed by atoms with van der Waals surface area (Å²) in [4.78, 5) is 47.0. The van der Waals surface area contributed by atoms with Crippen LogP contribution < -0.4 is 15.5 Å². The first-order valence-corrected chi connectivity index (χ1v) is 13.1. The Hall–Kier alpha value is -4.37. The molecule has 0 radical (unpaired) electrons. The highest BCUT2D eigenvalue weighted by Gasteiger charge is 2.30. The van der Waals surface area contributed by atoms with Gasteiger partial charge >= 0.3 is 0 Å². The van der Waals surface area contributed by atoms with Gasteiger partial charge in [0.05, 0.1) is 11.4 Å². The van der Waals surface area contributed by atoms with E-state index in [4.69, 9.17) is 5.73 Å². The molecule has 5 rings (SSSR count). The van der Waals surface area contributed by atoms with Gasteiger partial charge in [-0.2, -0.15) is 15.0 Å². The van der Waals surface area contributed by atoms with Crippen LogP contribution in [0.2, 0.25) is 0 Å². The molecule has 0 bridgehead atoms. The number of amides is 2. The van der Waals surface area contributed by atoms with Gasteiger partial charge in [0.25, 0.3) is 0 Å². The Balaban J connectivity index is 1.17. The average Bonchev–Trinajstić information content (AvgIpc) is 3.59. The number of nitrogens with zero attached hydrogens (tertiary/aromatic N) is 13. The van der Waals surface area contributed by atoms with Crippen LogP contribution in [0.15, 0.2) is 12.4 Å². The first-order chi connectivity index (χ1) is 18.7. The maximum Gasteiger partial charge on any atom is 0.247 e. The lowest BCUT2D eigenvalue weighted by Gasteiger charge is -2.37. The van der Waals surface area contributed by atoms with Crippen molar-refractivity contribution >= 4 is 29.7 Å². The van der Waals surface area contributed by atoms with Crippen molar-refractivity contribution in [3.05, 3.63) is 23.8 Å². The summed E-state index contributed by atoms with van der Waals surface area (Å²) in [6.45, 7) is 11.7. The lowest BCUT2D eigenvalue weighted by molar-refractivity contribution is -0.135. The summed E-state index contributed by atoms with van der Waals surface area (Å²) in [5, 5.41) is 16.0. The van der Waals surface area contributed by atoms with Crippen molar-refractivity contribution in [2.24, 2.45) is 0 Å². The number of carbonyl (C=O) groups is 2. The largest absolute Gasteiger partial charge is 0.368 e. The molecule has 2 atom stereocenters. The van der Waals surface area contributed by atoms with E-state index in [9.17, 15) is 9.59 Å². The summed E-state index contributed by atoms with van der Waals surface area (Å²) in [7, 11) is 0. The van der Waals surface area contributed by atoms with Crippen molar-refractivity contribution in [2.45, 2.75) is 39.8 Å². The molecular weight excluding hydrogens is 504 g/mol. The molecule has 2 unspecified atom stereocenters. The predicted molar refractivity (Wildman–Crippen MR) is 141 cm³/mol. The van der Waals surface area contributed by atoms with Gasteiger partial charge in [-0.05, 0) is 27.7 Å². The van der Waals surface area contributed by atoms with Gasteiger partial charge < -0.3 is 25.3 Å². The zero-order valence-electron chi connectivity index (χ0n) is 22.7. The maximum atomic E-state index is 13.0. The van der Waals surface area contributed by atoms with Crippen LogP contribution in [0, 0.1) is 13.8 Å². The van der Waals surface area contributed by atoms with Crippen molar-refractivity contribution in [1.82, 2.24) is 54.7 Å². The van der Waals surface area contributed by atoms with Crippen LogP contribution in [-0.4, -0.2) is 119 Å². The normalized spacial score (nSPS) is 17.8. The van der Waals surface area contributed by atoms with E-state index >= 15 is 0 Å². The molecule has 0 saturated carbocycles. The van der Waals surface area contributed by atoms with Gasteiger partial charge in [0.15, 0.2) is 0 Å². The molecule has 0 aromatic carbocycles. The minimum absolute atomic E-state index is 0.00362. The van der Waals surface area contributed by atoms with E-state index in [0.717, 1.165) is 11.4 Å². The highest BCUT2D eigenvalue weighted by Crippen LogP contribution is 2.20. The smallest absolute Gasteiger partial charge is 0.247 e. The van der Waals surface area contributed by atoms with E-state index in [2.05, 4.69) is 35.6 Å². The molecule has 5 heterocycles. The first-order valence-electron chi connectivity index (χ1n) is 13.1. The molecule has 3 aromatic heterocycles. The van der Waals surface area contributed by atoms with E-state index < -0.39 is 12.1 Å². The number of nitrogen functional groups attached to an aromatic ring is 1. The van der Waals surface area contributed by atoms with Crippen LogP contribution in [0.3, 0.4) is 0 Å². The Morgan fingerprint density at radius 2 is 1.08 bits per heavy atom. The lowest BCUT2D eigenvalue weighted by atomic mass is 10.2. The Morgan fingerprint density at radius 1 is 0.692 bits per heavy atom. The number of rotatable bonds is 6. The number of aromatic nitrogens is 9. The Morgan fingerprint density at radius 3 is 1.41 bits per heavy atom. The molecule has 0 spiro atoms. The fraction of sp³-hybridized carbons (Fsp3) is 0.609. The Kier molecular flexibility index (Phi) is 7.26. The summed E-state index contributed by atoms with van der Waals surface area (Å²) in [6, 6.07) is -0.850. The van der Waals surface area contributed by atoms with E-state index in [-0.39, 0.29) is 17.8 Å². The molecule has 208 valence electrons. The topological polar surface area (TPSA) is 173 Å². The second kappa shape index (κ2) is 10.8. The summed E-state index contributed by atoms with van der Waals surface area (Å²) in [5.74, 6) is 1.10. The molecule has 0 aliphatic carbocycles. The second-order valence-corrected chi connectivity index (χ2v) is 9.95. The molecule has 39 heavy (non-hydrogen) atoms. The highest BCUT2D eigenvalue weighted by molar-refractivity contribution is 5.80. The first kappa shape index (κ1) is 26.2. The van der Waals surface area contributed by atoms with Gasteiger partial charge in [-0.15, -0.1) is 10.2 Å². The van der Waals surface area contributed by atoms with Crippen molar-refractivity contribution in [3.63, 3.8) is 0 Å². The van der Waals surface area contributed by atoms with Gasteiger partial charge in [-0.3, -0.25) is 9.59 Å². The predicted octanol–water partition coefficient (Wildman–Crippen LogP) is -0.927. The molecule has 2 fully saturated rings. The number of carbonyl (C=O) groups excluding carboxylic acids is 2. The number of piperazine rings is 2. The third-order valence-corrected chi connectivity index (χ3v) is 7.14. The monoisotopic (exact) mass is 538 g/mol. The summed E-state index contributed by atoms with van der Waals surface area (Å²) in [5.41, 5.74) is 7.60. The van der Waals surface area contributed by atoms with Crippen LogP contribution in [0.25, 0.3) is 0 Å². The van der Waals surface area contributed by atoms with Crippen molar-refractivity contribution < 1.29 is 9.59 Å². The van der Waals surface area contributed by atoms with Gasteiger partial charge in [-0.25, -0.2) is 9.36 Å².